The van der Waals surface area contributed by atoms with Crippen LogP contribution < -0.4 is 5.32 Å². The molecule has 0 aliphatic carbocycles. The first kappa shape index (κ1) is 17.4. The zero-order valence-corrected chi connectivity index (χ0v) is 15.9. The quantitative estimate of drug-likeness (QED) is 0.734. The Kier molecular flexibility index (Phi) is 4.72. The fraction of sp³-hybridized carbons (Fsp3) is 0.316. The number of benzene rings is 1. The van der Waals surface area contributed by atoms with E-state index in [1.54, 1.807) is 6.07 Å². The topological polar surface area (TPSA) is 59.8 Å². The second kappa shape index (κ2) is 6.80. The van der Waals surface area contributed by atoms with Crippen molar-refractivity contribution in [2.75, 3.05) is 5.32 Å². The first-order valence-electron chi connectivity index (χ1n) is 8.26. The summed E-state index contributed by atoms with van der Waals surface area (Å²) in [5.41, 5.74) is 5.71. The van der Waals surface area contributed by atoms with Gasteiger partial charge in [0, 0.05) is 22.7 Å². The van der Waals surface area contributed by atoms with Gasteiger partial charge in [0.2, 0.25) is 0 Å². The van der Waals surface area contributed by atoms with Crippen molar-refractivity contribution in [1.82, 2.24) is 14.8 Å². The number of carbonyl (C=O) groups excluding carboxylic acids is 1. The predicted molar refractivity (Wildman–Crippen MR) is 102 cm³/mol. The van der Waals surface area contributed by atoms with Crippen molar-refractivity contribution < 1.29 is 4.79 Å². The Morgan fingerprint density at radius 1 is 1.20 bits per heavy atom. The summed E-state index contributed by atoms with van der Waals surface area (Å²) in [6, 6.07) is 8.31. The SMILES string of the molecule is Cc1ccc(C)c(-c2csc(NC(=O)c3cc(C)n(C(C)C)n3)n2)c1. The largest absolute Gasteiger partial charge is 0.296 e. The maximum absolute atomic E-state index is 12.4. The van der Waals surface area contributed by atoms with Gasteiger partial charge in [-0.3, -0.25) is 14.8 Å². The molecule has 0 unspecified atom stereocenters. The third-order valence-corrected chi connectivity index (χ3v) is 4.80. The highest BCUT2D eigenvalue weighted by atomic mass is 32.1. The summed E-state index contributed by atoms with van der Waals surface area (Å²) in [5.74, 6) is -0.232. The minimum atomic E-state index is -0.232. The van der Waals surface area contributed by atoms with Crippen molar-refractivity contribution >= 4 is 22.4 Å². The molecule has 0 saturated carbocycles. The Balaban J connectivity index is 1.80. The van der Waals surface area contributed by atoms with Crippen LogP contribution in [0.25, 0.3) is 11.3 Å². The first-order chi connectivity index (χ1) is 11.8. The van der Waals surface area contributed by atoms with Crippen LogP contribution in [0, 0.1) is 20.8 Å². The van der Waals surface area contributed by atoms with Gasteiger partial charge in [0.25, 0.3) is 5.91 Å². The highest BCUT2D eigenvalue weighted by Crippen LogP contribution is 2.28. The number of rotatable bonds is 4. The number of aromatic nitrogens is 3. The van der Waals surface area contributed by atoms with Crippen LogP contribution in [-0.4, -0.2) is 20.7 Å². The van der Waals surface area contributed by atoms with E-state index in [0.717, 1.165) is 17.0 Å². The summed E-state index contributed by atoms with van der Waals surface area (Å²) in [5, 5.41) is 9.78. The molecule has 5 nitrogen and oxygen atoms in total. The van der Waals surface area contributed by atoms with Gasteiger partial charge >= 0.3 is 0 Å². The van der Waals surface area contributed by atoms with Gasteiger partial charge in [-0.05, 0) is 52.3 Å². The van der Waals surface area contributed by atoms with E-state index in [-0.39, 0.29) is 11.9 Å². The fourth-order valence-electron chi connectivity index (χ4n) is 2.75. The zero-order valence-electron chi connectivity index (χ0n) is 15.1. The molecule has 1 aromatic carbocycles. The number of hydrogen-bond donors (Lipinski definition) is 1. The van der Waals surface area contributed by atoms with Crippen LogP contribution in [0.4, 0.5) is 5.13 Å². The minimum absolute atomic E-state index is 0.220. The lowest BCUT2D eigenvalue weighted by Crippen LogP contribution is -2.13. The van der Waals surface area contributed by atoms with Crippen LogP contribution in [0.2, 0.25) is 0 Å². The summed E-state index contributed by atoms with van der Waals surface area (Å²) >= 11 is 1.42. The van der Waals surface area contributed by atoms with Crippen molar-refractivity contribution in [2.24, 2.45) is 0 Å². The van der Waals surface area contributed by atoms with Gasteiger partial charge in [0.05, 0.1) is 5.69 Å². The molecular formula is C19H22N4OS. The molecule has 130 valence electrons. The molecular weight excluding hydrogens is 332 g/mol. The first-order valence-corrected chi connectivity index (χ1v) is 9.13. The normalized spacial score (nSPS) is 11.1. The third-order valence-electron chi connectivity index (χ3n) is 4.04. The number of amides is 1. The molecule has 2 heterocycles. The standard InChI is InChI=1S/C19H22N4OS/c1-11(2)23-14(5)9-16(22-23)18(24)21-19-20-17(10-25-19)15-8-12(3)6-7-13(15)4/h6-11H,1-5H3,(H,20,21,24). The molecule has 0 fully saturated rings. The summed E-state index contributed by atoms with van der Waals surface area (Å²) in [7, 11) is 0. The molecule has 0 radical (unpaired) electrons. The van der Waals surface area contributed by atoms with Gasteiger partial charge in [-0.2, -0.15) is 5.10 Å². The van der Waals surface area contributed by atoms with Gasteiger partial charge < -0.3 is 0 Å². The van der Waals surface area contributed by atoms with E-state index in [4.69, 9.17) is 0 Å². The molecule has 25 heavy (non-hydrogen) atoms. The van der Waals surface area contributed by atoms with Crippen LogP contribution in [0.15, 0.2) is 29.6 Å². The van der Waals surface area contributed by atoms with E-state index in [9.17, 15) is 4.79 Å². The number of thiazole rings is 1. The number of anilines is 1. The fourth-order valence-corrected chi connectivity index (χ4v) is 3.45. The summed E-state index contributed by atoms with van der Waals surface area (Å²) in [6.45, 7) is 10.2. The van der Waals surface area contributed by atoms with Crippen molar-refractivity contribution in [3.05, 3.63) is 52.2 Å². The van der Waals surface area contributed by atoms with E-state index < -0.39 is 0 Å². The van der Waals surface area contributed by atoms with E-state index in [1.165, 1.54) is 22.5 Å². The van der Waals surface area contributed by atoms with Gasteiger partial charge in [0.1, 0.15) is 0 Å². The summed E-state index contributed by atoms with van der Waals surface area (Å²) < 4.78 is 1.85. The van der Waals surface area contributed by atoms with Crippen LogP contribution in [0.3, 0.4) is 0 Å². The molecule has 0 saturated heterocycles. The molecule has 3 rings (SSSR count). The lowest BCUT2D eigenvalue weighted by molar-refractivity contribution is 0.102. The Morgan fingerprint density at radius 3 is 2.64 bits per heavy atom. The second-order valence-corrected chi connectivity index (χ2v) is 7.38. The Bertz CT molecular complexity index is 923. The summed E-state index contributed by atoms with van der Waals surface area (Å²) in [4.78, 5) is 17.0. The number of nitrogens with zero attached hydrogens (tertiary/aromatic N) is 3. The number of hydrogen-bond acceptors (Lipinski definition) is 4. The van der Waals surface area contributed by atoms with Gasteiger partial charge in [-0.25, -0.2) is 4.98 Å². The summed E-state index contributed by atoms with van der Waals surface area (Å²) in [6.07, 6.45) is 0. The van der Waals surface area contributed by atoms with Crippen molar-refractivity contribution in [3.63, 3.8) is 0 Å². The highest BCUT2D eigenvalue weighted by Gasteiger charge is 2.16. The maximum Gasteiger partial charge on any atom is 0.277 e. The average Bonchev–Trinajstić information content (AvgIpc) is 3.16. The van der Waals surface area contributed by atoms with E-state index >= 15 is 0 Å². The molecule has 1 N–H and O–H groups in total. The molecule has 0 aliphatic rings. The molecule has 6 heteroatoms. The molecule has 0 aliphatic heterocycles. The lowest BCUT2D eigenvalue weighted by Gasteiger charge is -2.06. The van der Waals surface area contributed by atoms with Crippen molar-refractivity contribution in [2.45, 2.75) is 40.7 Å². The Hall–Kier alpha value is -2.47. The minimum Gasteiger partial charge on any atom is -0.296 e. The van der Waals surface area contributed by atoms with Crippen molar-refractivity contribution in [3.8, 4) is 11.3 Å². The third kappa shape index (κ3) is 3.64. The number of nitrogens with one attached hydrogen (secondary N) is 1. The van der Waals surface area contributed by atoms with E-state index in [1.807, 2.05) is 30.8 Å². The monoisotopic (exact) mass is 354 g/mol. The predicted octanol–water partition coefficient (Wildman–Crippen LogP) is 4.77. The molecule has 1 amide bonds. The van der Waals surface area contributed by atoms with Crippen molar-refractivity contribution in [1.29, 1.82) is 0 Å². The van der Waals surface area contributed by atoms with E-state index in [0.29, 0.717) is 10.8 Å². The van der Waals surface area contributed by atoms with Crippen LogP contribution in [0.5, 0.6) is 0 Å². The smallest absolute Gasteiger partial charge is 0.277 e. The zero-order chi connectivity index (χ0) is 18.1. The maximum atomic E-state index is 12.4. The molecule has 0 spiro atoms. The van der Waals surface area contributed by atoms with Crippen LogP contribution in [0.1, 0.15) is 47.2 Å². The van der Waals surface area contributed by atoms with Crippen LogP contribution in [-0.2, 0) is 0 Å². The molecule has 0 atom stereocenters. The van der Waals surface area contributed by atoms with Gasteiger partial charge in [-0.15, -0.1) is 11.3 Å². The lowest BCUT2D eigenvalue weighted by atomic mass is 10.0. The molecule has 0 bridgehead atoms. The molecule has 2 aromatic heterocycles. The van der Waals surface area contributed by atoms with Crippen LogP contribution >= 0.6 is 11.3 Å². The average molecular weight is 354 g/mol. The Labute approximate surface area is 151 Å². The van der Waals surface area contributed by atoms with E-state index in [2.05, 4.69) is 47.4 Å². The molecule has 3 aromatic rings. The van der Waals surface area contributed by atoms with Gasteiger partial charge in [-0.1, -0.05) is 17.7 Å². The number of aryl methyl sites for hydroxylation is 3. The highest BCUT2D eigenvalue weighted by molar-refractivity contribution is 7.14. The second-order valence-electron chi connectivity index (χ2n) is 6.52. The number of carbonyl (C=O) groups is 1. The Morgan fingerprint density at radius 2 is 1.96 bits per heavy atom. The van der Waals surface area contributed by atoms with Gasteiger partial charge in [0.15, 0.2) is 10.8 Å².